The van der Waals surface area contributed by atoms with Crippen molar-refractivity contribution in [1.82, 2.24) is 24.8 Å². The second kappa shape index (κ2) is 8.07. The second-order valence-corrected chi connectivity index (χ2v) is 8.17. The fraction of sp³-hybridized carbons (Fsp3) is 0.348. The molecule has 2 aliphatic heterocycles. The zero-order chi connectivity index (χ0) is 22.2. The standard InChI is InChI=1S/C23H27N7O2/c1-14(26-18-9-10-29(3)23(18)31)16-13-25-30-20(24-2)12-19(28-22(16)30)27-17-8-4-6-15-7-5-11-32-21(15)17/h4,6,8,12-13,18,24,26H,1,5,7,9-11H2,2-3H3,(H,27,28)/t18-/m1/s1. The van der Waals surface area contributed by atoms with Crippen molar-refractivity contribution in [2.24, 2.45) is 0 Å². The first-order valence-electron chi connectivity index (χ1n) is 10.8. The van der Waals surface area contributed by atoms with Gasteiger partial charge in [0.25, 0.3) is 0 Å². The summed E-state index contributed by atoms with van der Waals surface area (Å²) in [4.78, 5) is 18.8. The van der Waals surface area contributed by atoms with E-state index in [0.29, 0.717) is 23.8 Å². The maximum absolute atomic E-state index is 12.3. The van der Waals surface area contributed by atoms with E-state index in [-0.39, 0.29) is 11.9 Å². The molecule has 1 amide bonds. The predicted molar refractivity (Wildman–Crippen MR) is 124 cm³/mol. The quantitative estimate of drug-likeness (QED) is 0.550. The van der Waals surface area contributed by atoms with Crippen LogP contribution >= 0.6 is 0 Å². The molecule has 3 N–H and O–H groups in total. The minimum atomic E-state index is -0.277. The van der Waals surface area contributed by atoms with Crippen molar-refractivity contribution in [2.45, 2.75) is 25.3 Å². The SMILES string of the molecule is C=C(N[C@@H]1CCN(C)C1=O)c1cnn2c(NC)cc(Nc3cccc4c3OCCC4)nc12. The molecule has 1 aromatic carbocycles. The number of aromatic nitrogens is 3. The summed E-state index contributed by atoms with van der Waals surface area (Å²) < 4.78 is 7.66. The predicted octanol–water partition coefficient (Wildman–Crippen LogP) is 2.63. The summed E-state index contributed by atoms with van der Waals surface area (Å²) in [6, 6.07) is 7.74. The van der Waals surface area contributed by atoms with Gasteiger partial charge in [-0.25, -0.2) is 4.98 Å². The Hall–Kier alpha value is -3.75. The molecule has 9 heteroatoms. The number of nitrogens with one attached hydrogen (secondary N) is 3. The van der Waals surface area contributed by atoms with Crippen LogP contribution < -0.4 is 20.7 Å². The van der Waals surface area contributed by atoms with Crippen LogP contribution in [0.4, 0.5) is 17.3 Å². The number of ether oxygens (including phenoxy) is 1. The van der Waals surface area contributed by atoms with E-state index in [0.717, 1.165) is 48.6 Å². The van der Waals surface area contributed by atoms with Crippen LogP contribution in [0.2, 0.25) is 0 Å². The van der Waals surface area contributed by atoms with Gasteiger partial charge in [-0.05, 0) is 30.9 Å². The van der Waals surface area contributed by atoms with Crippen LogP contribution in [0.1, 0.15) is 24.0 Å². The van der Waals surface area contributed by atoms with E-state index in [1.807, 2.05) is 32.3 Å². The first-order valence-corrected chi connectivity index (χ1v) is 10.8. The maximum atomic E-state index is 12.3. The maximum Gasteiger partial charge on any atom is 0.244 e. The van der Waals surface area contributed by atoms with E-state index in [9.17, 15) is 4.79 Å². The Balaban J connectivity index is 1.48. The van der Waals surface area contributed by atoms with Crippen LogP contribution in [0.3, 0.4) is 0 Å². The third-order valence-corrected chi connectivity index (χ3v) is 6.03. The van der Waals surface area contributed by atoms with Crippen molar-refractivity contribution in [2.75, 3.05) is 37.9 Å². The monoisotopic (exact) mass is 433 g/mol. The topological polar surface area (TPSA) is 95.8 Å². The minimum absolute atomic E-state index is 0.0719. The lowest BCUT2D eigenvalue weighted by atomic mass is 10.1. The minimum Gasteiger partial charge on any atom is -0.491 e. The zero-order valence-electron chi connectivity index (χ0n) is 18.3. The van der Waals surface area contributed by atoms with Crippen molar-refractivity contribution >= 4 is 34.6 Å². The van der Waals surface area contributed by atoms with E-state index in [1.165, 1.54) is 5.56 Å². The molecule has 0 unspecified atom stereocenters. The van der Waals surface area contributed by atoms with E-state index >= 15 is 0 Å². The Kier molecular flexibility index (Phi) is 5.08. The number of aryl methyl sites for hydroxylation is 1. The number of anilines is 3. The Morgan fingerprint density at radius 2 is 2.22 bits per heavy atom. The van der Waals surface area contributed by atoms with Gasteiger partial charge in [0.05, 0.1) is 24.1 Å². The van der Waals surface area contributed by atoms with Gasteiger partial charge in [-0.2, -0.15) is 9.61 Å². The summed E-state index contributed by atoms with van der Waals surface area (Å²) in [7, 11) is 3.65. The Morgan fingerprint density at radius 1 is 1.34 bits per heavy atom. The highest BCUT2D eigenvalue weighted by atomic mass is 16.5. The molecule has 0 radical (unpaired) electrons. The number of nitrogens with zero attached hydrogens (tertiary/aromatic N) is 4. The molecule has 32 heavy (non-hydrogen) atoms. The fourth-order valence-corrected chi connectivity index (χ4v) is 4.29. The van der Waals surface area contributed by atoms with Crippen molar-refractivity contribution in [3.8, 4) is 5.75 Å². The van der Waals surface area contributed by atoms with Crippen LogP contribution in [0.25, 0.3) is 11.3 Å². The number of para-hydroxylation sites is 1. The zero-order valence-corrected chi connectivity index (χ0v) is 18.3. The Bertz CT molecular complexity index is 1200. The average Bonchev–Trinajstić information content (AvgIpc) is 3.37. The van der Waals surface area contributed by atoms with E-state index in [2.05, 4.69) is 33.7 Å². The molecule has 0 spiro atoms. The molecule has 9 nitrogen and oxygen atoms in total. The van der Waals surface area contributed by atoms with Gasteiger partial charge in [-0.3, -0.25) is 4.79 Å². The highest BCUT2D eigenvalue weighted by Gasteiger charge is 2.29. The summed E-state index contributed by atoms with van der Waals surface area (Å²) in [6.07, 6.45) is 4.50. The molecule has 166 valence electrons. The molecule has 1 saturated heterocycles. The molecular formula is C23H27N7O2. The summed E-state index contributed by atoms with van der Waals surface area (Å²) in [5, 5.41) is 14.3. The smallest absolute Gasteiger partial charge is 0.244 e. The van der Waals surface area contributed by atoms with Gasteiger partial charge in [-0.15, -0.1) is 0 Å². The van der Waals surface area contributed by atoms with Crippen molar-refractivity contribution < 1.29 is 9.53 Å². The van der Waals surface area contributed by atoms with Crippen LogP contribution in [0.15, 0.2) is 37.0 Å². The van der Waals surface area contributed by atoms with E-state index in [1.54, 1.807) is 15.6 Å². The van der Waals surface area contributed by atoms with Gasteiger partial charge < -0.3 is 25.6 Å². The van der Waals surface area contributed by atoms with Gasteiger partial charge in [-0.1, -0.05) is 18.7 Å². The molecule has 2 aromatic heterocycles. The number of fused-ring (bicyclic) bond motifs is 2. The molecule has 1 atom stereocenters. The van der Waals surface area contributed by atoms with E-state index in [4.69, 9.17) is 9.72 Å². The molecule has 1 fully saturated rings. The van der Waals surface area contributed by atoms with E-state index < -0.39 is 0 Å². The molecule has 0 bridgehead atoms. The fourth-order valence-electron chi connectivity index (χ4n) is 4.29. The summed E-state index contributed by atoms with van der Waals surface area (Å²) in [5.41, 5.74) is 4.10. The average molecular weight is 434 g/mol. The van der Waals surface area contributed by atoms with Gasteiger partial charge in [0, 0.05) is 32.4 Å². The van der Waals surface area contributed by atoms with Crippen molar-refractivity contribution in [3.05, 3.63) is 48.2 Å². The van der Waals surface area contributed by atoms with Gasteiger partial charge >= 0.3 is 0 Å². The van der Waals surface area contributed by atoms with Gasteiger partial charge in [0.15, 0.2) is 5.65 Å². The number of likely N-dealkylation sites (N-methyl/N-ethyl adjacent to an activating group) is 1. The summed E-state index contributed by atoms with van der Waals surface area (Å²) >= 11 is 0. The lowest BCUT2D eigenvalue weighted by molar-refractivity contribution is -0.128. The number of carbonyl (C=O) groups excluding carboxylic acids is 1. The number of hydrogen-bond donors (Lipinski definition) is 3. The normalized spacial score (nSPS) is 17.8. The molecule has 3 aromatic rings. The largest absolute Gasteiger partial charge is 0.491 e. The molecule has 4 heterocycles. The van der Waals surface area contributed by atoms with Crippen molar-refractivity contribution in [3.63, 3.8) is 0 Å². The first kappa shape index (κ1) is 20.2. The molecular weight excluding hydrogens is 406 g/mol. The van der Waals surface area contributed by atoms with Crippen LogP contribution in [-0.2, 0) is 11.2 Å². The number of carbonyl (C=O) groups is 1. The number of hydrogen-bond acceptors (Lipinski definition) is 7. The third-order valence-electron chi connectivity index (χ3n) is 6.03. The summed E-state index contributed by atoms with van der Waals surface area (Å²) in [5.74, 6) is 2.40. The molecule has 0 aliphatic carbocycles. The van der Waals surface area contributed by atoms with Crippen LogP contribution in [-0.4, -0.2) is 58.7 Å². The highest BCUT2D eigenvalue weighted by Crippen LogP contribution is 2.35. The summed E-state index contributed by atoms with van der Waals surface area (Å²) in [6.45, 7) is 5.61. The number of likely N-dealkylation sites (tertiary alicyclic amines) is 1. The van der Waals surface area contributed by atoms with Crippen LogP contribution in [0.5, 0.6) is 5.75 Å². The van der Waals surface area contributed by atoms with Gasteiger partial charge in [0.1, 0.15) is 23.4 Å². The first-order chi connectivity index (χ1) is 15.5. The molecule has 5 rings (SSSR count). The van der Waals surface area contributed by atoms with Crippen molar-refractivity contribution in [1.29, 1.82) is 0 Å². The highest BCUT2D eigenvalue weighted by molar-refractivity contribution is 5.86. The Morgan fingerprint density at radius 3 is 3.00 bits per heavy atom. The lowest BCUT2D eigenvalue weighted by Crippen LogP contribution is -2.35. The number of benzene rings is 1. The Labute approximate surface area is 186 Å². The second-order valence-electron chi connectivity index (χ2n) is 8.17. The third kappa shape index (κ3) is 3.49. The van der Waals surface area contributed by atoms with Gasteiger partial charge in [0.2, 0.25) is 5.91 Å². The number of rotatable bonds is 6. The molecule has 0 saturated carbocycles. The molecule has 2 aliphatic rings. The number of amides is 1. The van der Waals surface area contributed by atoms with Crippen LogP contribution in [0, 0.1) is 0 Å². The lowest BCUT2D eigenvalue weighted by Gasteiger charge is -2.21.